The largest absolute Gasteiger partial charge is 0.380 e. The maximum Gasteiger partial charge on any atom is 0.228 e. The summed E-state index contributed by atoms with van der Waals surface area (Å²) in [5.41, 5.74) is 2.99. The van der Waals surface area contributed by atoms with Crippen molar-refractivity contribution in [2.75, 3.05) is 81.1 Å². The first-order valence-electron chi connectivity index (χ1n) is 12.8. The molecule has 2 aromatic heterocycles. The summed E-state index contributed by atoms with van der Waals surface area (Å²) in [5.74, 6) is 2.01. The molecule has 0 aromatic carbocycles. The van der Waals surface area contributed by atoms with Crippen molar-refractivity contribution in [1.82, 2.24) is 25.2 Å². The van der Waals surface area contributed by atoms with Crippen molar-refractivity contribution in [1.29, 1.82) is 5.41 Å². The molecule has 2 fully saturated rings. The summed E-state index contributed by atoms with van der Waals surface area (Å²) in [6, 6.07) is 3.97. The lowest BCUT2D eigenvalue weighted by atomic mass is 10.1. The molecule has 190 valence electrons. The van der Waals surface area contributed by atoms with Gasteiger partial charge in [-0.15, -0.1) is 0 Å². The van der Waals surface area contributed by atoms with Crippen LogP contribution in [-0.4, -0.2) is 91.1 Å². The van der Waals surface area contributed by atoms with Gasteiger partial charge in [-0.05, 0) is 57.5 Å². The summed E-state index contributed by atoms with van der Waals surface area (Å²) >= 11 is 0. The zero-order chi connectivity index (χ0) is 24.5. The molecule has 0 saturated carbocycles. The van der Waals surface area contributed by atoms with Gasteiger partial charge in [0.25, 0.3) is 0 Å². The van der Waals surface area contributed by atoms with Crippen LogP contribution < -0.4 is 20.9 Å². The lowest BCUT2D eigenvalue weighted by molar-refractivity contribution is 0.158. The first-order valence-corrected chi connectivity index (χ1v) is 12.8. The Kier molecular flexibility index (Phi) is 9.21. The quantitative estimate of drug-likeness (QED) is 0.284. The average Bonchev–Trinajstić information content (AvgIpc) is 2.88. The number of anilines is 4. The molecular formula is C25H39N9O. The zero-order valence-corrected chi connectivity index (χ0v) is 21.1. The highest BCUT2D eigenvalue weighted by Gasteiger charge is 2.24. The van der Waals surface area contributed by atoms with Crippen molar-refractivity contribution in [3.63, 3.8) is 0 Å². The summed E-state index contributed by atoms with van der Waals surface area (Å²) in [7, 11) is 0. The lowest BCUT2D eigenvalue weighted by Crippen LogP contribution is -2.44. The van der Waals surface area contributed by atoms with Gasteiger partial charge in [0.15, 0.2) is 5.82 Å². The standard InChI is InChI=1S/C25H39N9O/c1-3-35-16-11-29-23-22(20(26)18-33-12-5-4-6-13-33)31-25(34-14-9-27-10-15-34)32-24(23)30-21-17-19(2)7-8-28-21/h7-8,17,26-27,29H,3-6,9-16,18H2,1-2H3,(H,28,30,31,32). The predicted molar refractivity (Wildman–Crippen MR) is 141 cm³/mol. The molecule has 35 heavy (non-hydrogen) atoms. The molecule has 0 amide bonds. The maximum atomic E-state index is 9.07. The van der Waals surface area contributed by atoms with Crippen LogP contribution in [-0.2, 0) is 4.74 Å². The Balaban J connectivity index is 1.70. The SMILES string of the molecule is CCOCCNc1c(Nc2cc(C)ccn2)nc(N2CCNCC2)nc1C(=N)CN1CCCCC1. The molecule has 2 aliphatic heterocycles. The number of aromatic nitrogens is 3. The molecule has 4 heterocycles. The Labute approximate surface area is 208 Å². The van der Waals surface area contributed by atoms with Crippen LogP contribution in [0.2, 0.25) is 0 Å². The Morgan fingerprint density at radius 1 is 1.14 bits per heavy atom. The predicted octanol–water partition coefficient (Wildman–Crippen LogP) is 2.64. The monoisotopic (exact) mass is 481 g/mol. The zero-order valence-electron chi connectivity index (χ0n) is 21.1. The van der Waals surface area contributed by atoms with Gasteiger partial charge in [-0.2, -0.15) is 4.98 Å². The van der Waals surface area contributed by atoms with Crippen LogP contribution in [0.3, 0.4) is 0 Å². The summed E-state index contributed by atoms with van der Waals surface area (Å²) in [6.45, 7) is 11.9. The van der Waals surface area contributed by atoms with Crippen molar-refractivity contribution >= 4 is 29.0 Å². The molecule has 2 aromatic rings. The summed E-state index contributed by atoms with van der Waals surface area (Å²) in [6.07, 6.45) is 5.44. The molecule has 0 atom stereocenters. The van der Waals surface area contributed by atoms with Gasteiger partial charge in [0.05, 0.1) is 12.3 Å². The third-order valence-corrected chi connectivity index (χ3v) is 6.33. The van der Waals surface area contributed by atoms with Crippen molar-refractivity contribution in [3.8, 4) is 0 Å². The van der Waals surface area contributed by atoms with Crippen molar-refractivity contribution < 1.29 is 4.74 Å². The Hall–Kier alpha value is -2.82. The van der Waals surface area contributed by atoms with Gasteiger partial charge in [-0.25, -0.2) is 9.97 Å². The number of piperidine rings is 1. The summed E-state index contributed by atoms with van der Waals surface area (Å²) in [4.78, 5) is 18.9. The van der Waals surface area contributed by atoms with E-state index in [0.717, 1.165) is 56.3 Å². The van der Waals surface area contributed by atoms with Crippen LogP contribution in [0.15, 0.2) is 18.3 Å². The van der Waals surface area contributed by atoms with E-state index in [1.54, 1.807) is 6.20 Å². The van der Waals surface area contributed by atoms with E-state index >= 15 is 0 Å². The number of piperazine rings is 1. The smallest absolute Gasteiger partial charge is 0.228 e. The van der Waals surface area contributed by atoms with E-state index in [0.29, 0.717) is 49.5 Å². The molecule has 0 radical (unpaired) electrons. The number of hydrogen-bond donors (Lipinski definition) is 4. The fraction of sp³-hybridized carbons (Fsp3) is 0.600. The van der Waals surface area contributed by atoms with Gasteiger partial charge in [-0.1, -0.05) is 6.42 Å². The Morgan fingerprint density at radius 3 is 2.69 bits per heavy atom. The first kappa shape index (κ1) is 25.3. The molecule has 0 unspecified atom stereocenters. The number of ether oxygens (including phenoxy) is 1. The number of likely N-dealkylation sites (tertiary alicyclic amines) is 1. The number of pyridine rings is 1. The number of nitrogens with zero attached hydrogens (tertiary/aromatic N) is 5. The van der Waals surface area contributed by atoms with E-state index < -0.39 is 0 Å². The molecule has 0 spiro atoms. The van der Waals surface area contributed by atoms with Crippen LogP contribution in [0.25, 0.3) is 0 Å². The van der Waals surface area contributed by atoms with Gasteiger partial charge < -0.3 is 31.0 Å². The van der Waals surface area contributed by atoms with E-state index in [4.69, 9.17) is 20.1 Å². The highest BCUT2D eigenvalue weighted by atomic mass is 16.5. The van der Waals surface area contributed by atoms with E-state index in [1.807, 2.05) is 26.0 Å². The molecule has 0 bridgehead atoms. The highest BCUT2D eigenvalue weighted by Crippen LogP contribution is 2.29. The number of rotatable bonds is 11. The van der Waals surface area contributed by atoms with E-state index in [1.165, 1.54) is 19.3 Å². The third kappa shape index (κ3) is 7.09. The van der Waals surface area contributed by atoms with E-state index in [2.05, 4.69) is 30.7 Å². The first-order chi connectivity index (χ1) is 17.1. The van der Waals surface area contributed by atoms with Crippen LogP contribution in [0.1, 0.15) is 37.4 Å². The molecule has 10 nitrogen and oxygen atoms in total. The van der Waals surface area contributed by atoms with E-state index in [-0.39, 0.29) is 0 Å². The van der Waals surface area contributed by atoms with Crippen LogP contribution in [0.4, 0.5) is 23.3 Å². The fourth-order valence-electron chi connectivity index (χ4n) is 4.47. The molecule has 10 heteroatoms. The minimum Gasteiger partial charge on any atom is -0.380 e. The topological polar surface area (TPSA) is 114 Å². The Bertz CT molecular complexity index is 971. The number of aryl methyl sites for hydroxylation is 1. The maximum absolute atomic E-state index is 9.07. The van der Waals surface area contributed by atoms with Crippen LogP contribution in [0, 0.1) is 12.3 Å². The van der Waals surface area contributed by atoms with Gasteiger partial charge in [-0.3, -0.25) is 4.90 Å². The van der Waals surface area contributed by atoms with Crippen LogP contribution >= 0.6 is 0 Å². The molecule has 0 aliphatic carbocycles. The van der Waals surface area contributed by atoms with Crippen molar-refractivity contribution in [3.05, 3.63) is 29.6 Å². The molecule has 4 N–H and O–H groups in total. The van der Waals surface area contributed by atoms with Gasteiger partial charge >= 0.3 is 0 Å². The second kappa shape index (κ2) is 12.8. The minimum absolute atomic E-state index is 0.504. The summed E-state index contributed by atoms with van der Waals surface area (Å²) < 4.78 is 5.56. The summed E-state index contributed by atoms with van der Waals surface area (Å²) in [5, 5.41) is 19.3. The minimum atomic E-state index is 0.504. The molecular weight excluding hydrogens is 442 g/mol. The Morgan fingerprint density at radius 2 is 1.94 bits per heavy atom. The lowest BCUT2D eigenvalue weighted by Gasteiger charge is -2.30. The van der Waals surface area contributed by atoms with Gasteiger partial charge in [0.2, 0.25) is 5.95 Å². The molecule has 2 aliphatic rings. The van der Waals surface area contributed by atoms with E-state index in [9.17, 15) is 0 Å². The number of hydrogen-bond acceptors (Lipinski definition) is 10. The third-order valence-electron chi connectivity index (χ3n) is 6.33. The van der Waals surface area contributed by atoms with Crippen molar-refractivity contribution in [2.24, 2.45) is 0 Å². The van der Waals surface area contributed by atoms with Gasteiger partial charge in [0, 0.05) is 52.1 Å². The normalized spacial score (nSPS) is 16.8. The highest BCUT2D eigenvalue weighted by molar-refractivity contribution is 6.05. The molecule has 2 saturated heterocycles. The average molecular weight is 482 g/mol. The van der Waals surface area contributed by atoms with Crippen LogP contribution in [0.5, 0.6) is 0 Å². The second-order valence-corrected chi connectivity index (χ2v) is 9.12. The fourth-order valence-corrected chi connectivity index (χ4v) is 4.47. The van der Waals surface area contributed by atoms with Gasteiger partial charge in [0.1, 0.15) is 17.2 Å². The number of nitrogens with one attached hydrogen (secondary N) is 4. The molecule has 4 rings (SSSR count). The van der Waals surface area contributed by atoms with Crippen molar-refractivity contribution in [2.45, 2.75) is 33.1 Å². The second-order valence-electron chi connectivity index (χ2n) is 9.12.